The van der Waals surface area contributed by atoms with E-state index >= 15 is 0 Å². The molecule has 1 heterocycles. The molecule has 0 aromatic rings. The number of nitrogens with two attached hydrogens (primary N) is 1. The van der Waals surface area contributed by atoms with Crippen molar-refractivity contribution in [3.63, 3.8) is 0 Å². The predicted molar refractivity (Wildman–Crippen MR) is 91.4 cm³/mol. The van der Waals surface area contributed by atoms with E-state index < -0.39 is 0 Å². The van der Waals surface area contributed by atoms with Crippen LogP contribution in [0.3, 0.4) is 0 Å². The van der Waals surface area contributed by atoms with E-state index in [1.165, 1.54) is 0 Å². The summed E-state index contributed by atoms with van der Waals surface area (Å²) in [5.74, 6) is 0.569. The zero-order valence-electron chi connectivity index (χ0n) is 13.2. The van der Waals surface area contributed by atoms with Gasteiger partial charge in [-0.3, -0.25) is 9.69 Å². The van der Waals surface area contributed by atoms with Crippen LogP contribution < -0.4 is 11.1 Å². The number of carbonyl (C=O) groups excluding carboxylic acids is 1. The van der Waals surface area contributed by atoms with E-state index in [-0.39, 0.29) is 36.8 Å². The lowest BCUT2D eigenvalue weighted by molar-refractivity contribution is -0.130. The molecule has 1 amide bonds. The van der Waals surface area contributed by atoms with Gasteiger partial charge in [0.1, 0.15) is 0 Å². The van der Waals surface area contributed by atoms with Crippen LogP contribution in [0, 0.1) is 5.92 Å². The molecule has 1 rings (SSSR count). The molecule has 0 saturated carbocycles. The van der Waals surface area contributed by atoms with Gasteiger partial charge in [0.2, 0.25) is 5.91 Å². The fourth-order valence-corrected chi connectivity index (χ4v) is 2.69. The summed E-state index contributed by atoms with van der Waals surface area (Å²) in [6, 6.07) is -0.0170. The highest BCUT2D eigenvalue weighted by atomic mass is 35.5. The molecule has 0 bridgehead atoms. The van der Waals surface area contributed by atoms with Gasteiger partial charge in [0, 0.05) is 19.6 Å². The molecule has 0 radical (unpaired) electrons. The monoisotopic (exact) mass is 343 g/mol. The van der Waals surface area contributed by atoms with Crippen LogP contribution in [0.1, 0.15) is 33.1 Å². The van der Waals surface area contributed by atoms with E-state index in [2.05, 4.69) is 24.1 Å². The van der Waals surface area contributed by atoms with Gasteiger partial charge in [-0.15, -0.1) is 24.8 Å². The SMILES string of the molecule is CCC(CC)C(C(=O)NCCCN)N1CCOCC1.Cl.Cl. The van der Waals surface area contributed by atoms with E-state index in [0.717, 1.165) is 45.6 Å². The van der Waals surface area contributed by atoms with Crippen LogP contribution in [0.15, 0.2) is 0 Å². The second kappa shape index (κ2) is 13.6. The van der Waals surface area contributed by atoms with Gasteiger partial charge in [0.05, 0.1) is 19.3 Å². The minimum atomic E-state index is -0.0170. The molecule has 1 aliphatic rings. The van der Waals surface area contributed by atoms with Crippen LogP contribution in [0.4, 0.5) is 0 Å². The van der Waals surface area contributed by atoms with Gasteiger partial charge in [-0.05, 0) is 18.9 Å². The van der Waals surface area contributed by atoms with Gasteiger partial charge in [-0.2, -0.15) is 0 Å². The van der Waals surface area contributed by atoms with Crippen molar-refractivity contribution in [3.8, 4) is 0 Å². The number of ether oxygens (including phenoxy) is 1. The zero-order valence-corrected chi connectivity index (χ0v) is 14.8. The molecule has 3 N–H and O–H groups in total. The van der Waals surface area contributed by atoms with Crippen molar-refractivity contribution >= 4 is 30.7 Å². The quantitative estimate of drug-likeness (QED) is 0.654. The molecule has 7 heteroatoms. The van der Waals surface area contributed by atoms with Crippen LogP contribution in [0.5, 0.6) is 0 Å². The minimum Gasteiger partial charge on any atom is -0.379 e. The Morgan fingerprint density at radius 3 is 2.29 bits per heavy atom. The Morgan fingerprint density at radius 2 is 1.81 bits per heavy atom. The van der Waals surface area contributed by atoms with E-state index in [9.17, 15) is 4.79 Å². The molecule has 1 fully saturated rings. The van der Waals surface area contributed by atoms with Crippen LogP contribution in [-0.2, 0) is 9.53 Å². The fourth-order valence-electron chi connectivity index (χ4n) is 2.69. The van der Waals surface area contributed by atoms with Gasteiger partial charge in [-0.25, -0.2) is 0 Å². The fraction of sp³-hybridized carbons (Fsp3) is 0.929. The number of carbonyl (C=O) groups is 1. The number of rotatable bonds is 8. The first-order valence-corrected chi connectivity index (χ1v) is 7.54. The average Bonchev–Trinajstić information content (AvgIpc) is 2.45. The van der Waals surface area contributed by atoms with Crippen molar-refractivity contribution in [2.24, 2.45) is 11.7 Å². The molecule has 5 nitrogen and oxygen atoms in total. The number of hydrogen-bond acceptors (Lipinski definition) is 4. The molecule has 1 aliphatic heterocycles. The van der Waals surface area contributed by atoms with Gasteiger partial charge in [0.25, 0.3) is 0 Å². The summed E-state index contributed by atoms with van der Waals surface area (Å²) in [5, 5.41) is 3.03. The first-order valence-electron chi connectivity index (χ1n) is 7.54. The van der Waals surface area contributed by atoms with E-state index in [0.29, 0.717) is 19.0 Å². The van der Waals surface area contributed by atoms with Gasteiger partial charge in [0.15, 0.2) is 0 Å². The van der Waals surface area contributed by atoms with Crippen molar-refractivity contribution in [1.29, 1.82) is 0 Å². The molecule has 1 unspecified atom stereocenters. The molecule has 0 spiro atoms. The minimum absolute atomic E-state index is 0. The summed E-state index contributed by atoms with van der Waals surface area (Å²) in [6.07, 6.45) is 2.90. The summed E-state index contributed by atoms with van der Waals surface area (Å²) in [7, 11) is 0. The average molecular weight is 344 g/mol. The highest BCUT2D eigenvalue weighted by Gasteiger charge is 2.32. The van der Waals surface area contributed by atoms with Crippen LogP contribution >= 0.6 is 24.8 Å². The lowest BCUT2D eigenvalue weighted by Crippen LogP contribution is -2.54. The van der Waals surface area contributed by atoms with Gasteiger partial charge < -0.3 is 15.8 Å². The number of morpholine rings is 1. The van der Waals surface area contributed by atoms with Crippen molar-refractivity contribution in [2.75, 3.05) is 39.4 Å². The third-order valence-electron chi connectivity index (χ3n) is 3.88. The molecule has 21 heavy (non-hydrogen) atoms. The molecule has 0 aromatic heterocycles. The molecule has 0 aromatic carbocycles. The molecule has 1 saturated heterocycles. The smallest absolute Gasteiger partial charge is 0.237 e. The van der Waals surface area contributed by atoms with Gasteiger partial charge >= 0.3 is 0 Å². The summed E-state index contributed by atoms with van der Waals surface area (Å²) < 4.78 is 5.39. The van der Waals surface area contributed by atoms with Crippen molar-refractivity contribution in [1.82, 2.24) is 10.2 Å². The lowest BCUT2D eigenvalue weighted by atomic mass is 9.91. The third-order valence-corrected chi connectivity index (χ3v) is 3.88. The molecular formula is C14H31Cl2N3O2. The Hall–Kier alpha value is -0.0700. The maximum Gasteiger partial charge on any atom is 0.237 e. The van der Waals surface area contributed by atoms with Crippen molar-refractivity contribution in [3.05, 3.63) is 0 Å². The lowest BCUT2D eigenvalue weighted by Gasteiger charge is -2.37. The predicted octanol–water partition coefficient (Wildman–Crippen LogP) is 1.43. The Balaban J connectivity index is 0. The maximum atomic E-state index is 12.4. The Kier molecular flexibility index (Phi) is 15.0. The second-order valence-electron chi connectivity index (χ2n) is 5.10. The first kappa shape index (κ1) is 23.2. The number of halogens is 2. The summed E-state index contributed by atoms with van der Waals surface area (Å²) >= 11 is 0. The second-order valence-corrected chi connectivity index (χ2v) is 5.10. The van der Waals surface area contributed by atoms with E-state index in [4.69, 9.17) is 10.5 Å². The summed E-state index contributed by atoms with van der Waals surface area (Å²) in [6.45, 7) is 8.78. The highest BCUT2D eigenvalue weighted by Crippen LogP contribution is 2.20. The highest BCUT2D eigenvalue weighted by molar-refractivity contribution is 5.85. The molecule has 0 aliphatic carbocycles. The van der Waals surface area contributed by atoms with E-state index in [1.807, 2.05) is 0 Å². The van der Waals surface area contributed by atoms with Crippen molar-refractivity contribution in [2.45, 2.75) is 39.2 Å². The number of nitrogens with zero attached hydrogens (tertiary/aromatic N) is 1. The van der Waals surface area contributed by atoms with E-state index in [1.54, 1.807) is 0 Å². The first-order chi connectivity index (χ1) is 9.24. The van der Waals surface area contributed by atoms with Crippen LogP contribution in [-0.4, -0.2) is 56.2 Å². The number of hydrogen-bond donors (Lipinski definition) is 2. The van der Waals surface area contributed by atoms with Crippen LogP contribution in [0.2, 0.25) is 0 Å². The van der Waals surface area contributed by atoms with Crippen LogP contribution in [0.25, 0.3) is 0 Å². The summed E-state index contributed by atoms with van der Waals surface area (Å²) in [4.78, 5) is 14.7. The van der Waals surface area contributed by atoms with Gasteiger partial charge in [-0.1, -0.05) is 26.7 Å². The molecular weight excluding hydrogens is 313 g/mol. The topological polar surface area (TPSA) is 67.6 Å². The Labute approximate surface area is 141 Å². The largest absolute Gasteiger partial charge is 0.379 e. The third kappa shape index (κ3) is 7.66. The summed E-state index contributed by atoms with van der Waals surface area (Å²) in [5.41, 5.74) is 5.47. The molecule has 1 atom stereocenters. The Bertz CT molecular complexity index is 261. The Morgan fingerprint density at radius 1 is 1.24 bits per heavy atom. The number of nitrogens with one attached hydrogen (secondary N) is 1. The zero-order chi connectivity index (χ0) is 14.1. The maximum absolute atomic E-state index is 12.4. The normalized spacial score (nSPS) is 16.8. The molecule has 128 valence electrons. The number of amides is 1. The van der Waals surface area contributed by atoms with Crippen molar-refractivity contribution < 1.29 is 9.53 Å². The standard InChI is InChI=1S/C14H29N3O2.2ClH/c1-3-12(4-2)13(14(18)16-7-5-6-15)17-8-10-19-11-9-17;;/h12-13H,3-11,15H2,1-2H3,(H,16,18);2*1H.